The molecule has 8 amide bonds. The highest BCUT2D eigenvalue weighted by molar-refractivity contribution is 6.10. The van der Waals surface area contributed by atoms with Crippen LogP contribution in [-0.2, 0) is 64.3 Å². The second-order valence-corrected chi connectivity index (χ2v) is 23.0. The first-order valence-electron chi connectivity index (χ1n) is 28.0. The Labute approximate surface area is 487 Å². The van der Waals surface area contributed by atoms with E-state index in [1.165, 1.54) is 0 Å². The lowest BCUT2D eigenvalue weighted by Crippen LogP contribution is -2.59. The van der Waals surface area contributed by atoms with Gasteiger partial charge in [0.2, 0.25) is 47.3 Å². The predicted molar refractivity (Wildman–Crippen MR) is 317 cm³/mol. The Hall–Kier alpha value is -7.33. The van der Waals surface area contributed by atoms with Crippen molar-refractivity contribution in [2.24, 2.45) is 23.3 Å². The zero-order valence-electron chi connectivity index (χ0n) is 48.7. The fourth-order valence-electron chi connectivity index (χ4n) is 10.0. The number of carbonyl (C=O) groups excluding carboxylic acids is 8. The molecule has 21 nitrogen and oxygen atoms in total. The number of nitrogens with two attached hydrogens (primary N) is 2. The second-order valence-electron chi connectivity index (χ2n) is 23.0. The number of nitrogens with one attached hydrogen (secondary N) is 4. The lowest BCUT2D eigenvalue weighted by Gasteiger charge is -2.37. The van der Waals surface area contributed by atoms with E-state index in [2.05, 4.69) is 31.2 Å². The number of carbonyl (C=O) groups is 8. The molecule has 0 saturated carbocycles. The quantitative estimate of drug-likeness (QED) is 0.0722. The van der Waals surface area contributed by atoms with Crippen LogP contribution in [0.3, 0.4) is 0 Å². The van der Waals surface area contributed by atoms with E-state index < -0.39 is 58.9 Å². The van der Waals surface area contributed by atoms with Crippen LogP contribution in [0, 0.1) is 11.8 Å². The predicted octanol–water partition coefficient (Wildman–Crippen LogP) is 4.52. The average Bonchev–Trinajstić information content (AvgIpc) is 4.16. The molecule has 82 heavy (non-hydrogen) atoms. The van der Waals surface area contributed by atoms with E-state index in [9.17, 15) is 38.4 Å². The molecule has 0 bridgehead atoms. The summed E-state index contributed by atoms with van der Waals surface area (Å²) in [6, 6.07) is 18.9. The van der Waals surface area contributed by atoms with Crippen LogP contribution < -0.4 is 52.3 Å². The lowest BCUT2D eigenvalue weighted by molar-refractivity contribution is -0.133. The maximum atomic E-state index is 14.0. The number of rotatable bonds is 18. The molecule has 22 heteroatoms. The number of aromatic nitrogens is 2. The average molecular weight is 1150 g/mol. The standard InChI is InChI=1S/2C29H38N6O4.C2H6O.ClH/c2*1-18(2)15-21(33-28(39)29(3,4)30)26(37)32-22-16-19-9-7-11-23(34-14-8-12-24(34)36)25(19)35(27(22)38)17-20-10-5-6-13-31-20;1-2-3;/h2*5-7,9-11,13,18,21-22H,8,12,14-17,30H2,1-4H3,(H,32,37)(H,33,39);3H,2H2,1H3;1H/t2*21-,22?;;/m11../s1. The van der Waals surface area contributed by atoms with Crippen LogP contribution in [0.5, 0.6) is 0 Å². The van der Waals surface area contributed by atoms with Gasteiger partial charge < -0.3 is 57.4 Å². The Morgan fingerprint density at radius 3 is 1.27 bits per heavy atom. The van der Waals surface area contributed by atoms with Crippen molar-refractivity contribution in [1.82, 2.24) is 31.2 Å². The van der Waals surface area contributed by atoms with Crippen LogP contribution in [0.1, 0.15) is 123 Å². The molecule has 4 aliphatic heterocycles. The van der Waals surface area contributed by atoms with Crippen molar-refractivity contribution >= 4 is 82.4 Å². The highest BCUT2D eigenvalue weighted by Gasteiger charge is 2.42. The van der Waals surface area contributed by atoms with Gasteiger partial charge in [0, 0.05) is 57.8 Å². The van der Waals surface area contributed by atoms with Gasteiger partial charge in [0.1, 0.15) is 24.2 Å². The molecule has 2 unspecified atom stereocenters. The molecule has 0 radical (unpaired) electrons. The number of pyridine rings is 2. The Balaban J connectivity index is 0.000000284. The molecule has 4 atom stereocenters. The first-order valence-corrected chi connectivity index (χ1v) is 28.0. The number of para-hydroxylation sites is 2. The molecule has 0 spiro atoms. The normalized spacial score (nSPS) is 17.6. The van der Waals surface area contributed by atoms with Crippen molar-refractivity contribution in [3.63, 3.8) is 0 Å². The third-order valence-electron chi connectivity index (χ3n) is 14.0. The number of benzene rings is 2. The molecule has 2 aromatic heterocycles. The van der Waals surface area contributed by atoms with Gasteiger partial charge in [0.15, 0.2) is 0 Å². The Kier molecular flexibility index (Phi) is 23.2. The minimum Gasteiger partial charge on any atom is -0.397 e. The van der Waals surface area contributed by atoms with Gasteiger partial charge in [-0.1, -0.05) is 64.1 Å². The van der Waals surface area contributed by atoms with Crippen LogP contribution >= 0.6 is 12.4 Å². The largest absolute Gasteiger partial charge is 0.397 e. The zero-order valence-corrected chi connectivity index (χ0v) is 49.5. The molecule has 4 aromatic rings. The topological polar surface area (TPSA) is 296 Å². The Bertz CT molecular complexity index is 2700. The van der Waals surface area contributed by atoms with Gasteiger partial charge in [0.25, 0.3) is 0 Å². The van der Waals surface area contributed by atoms with Crippen LogP contribution in [0.4, 0.5) is 22.7 Å². The number of aliphatic hydroxyl groups excluding tert-OH is 1. The van der Waals surface area contributed by atoms with E-state index in [1.807, 2.05) is 88.4 Å². The molecule has 0 aliphatic carbocycles. The monoisotopic (exact) mass is 1150 g/mol. The van der Waals surface area contributed by atoms with Crippen molar-refractivity contribution in [3.8, 4) is 0 Å². The third-order valence-corrected chi connectivity index (χ3v) is 14.0. The van der Waals surface area contributed by atoms with Crippen LogP contribution in [0.2, 0.25) is 0 Å². The van der Waals surface area contributed by atoms with Crippen LogP contribution in [0.15, 0.2) is 85.2 Å². The lowest BCUT2D eigenvalue weighted by atomic mass is 9.94. The van der Waals surface area contributed by atoms with Crippen molar-refractivity contribution in [2.45, 2.75) is 162 Å². The summed E-state index contributed by atoms with van der Waals surface area (Å²) in [6.07, 6.45) is 7.11. The first kappa shape index (κ1) is 65.5. The van der Waals surface area contributed by atoms with Gasteiger partial charge in [-0.3, -0.25) is 48.3 Å². The number of aliphatic hydroxyl groups is 1. The third kappa shape index (κ3) is 16.9. The number of nitrogens with zero attached hydrogens (tertiary/aromatic N) is 6. The summed E-state index contributed by atoms with van der Waals surface area (Å²) in [5.41, 5.74) is 15.4. The van der Waals surface area contributed by atoms with Crippen LogP contribution in [-0.4, -0.2) is 117 Å². The molecule has 2 aromatic carbocycles. The summed E-state index contributed by atoms with van der Waals surface area (Å²) in [6.45, 7) is 17.6. The number of hydrogen-bond donors (Lipinski definition) is 7. The van der Waals surface area contributed by atoms with Gasteiger partial charge in [-0.15, -0.1) is 12.4 Å². The number of hydrogen-bond acceptors (Lipinski definition) is 13. The molecule has 2 saturated heterocycles. The van der Waals surface area contributed by atoms with E-state index in [-0.39, 0.29) is 80.4 Å². The minimum absolute atomic E-state index is 0. The van der Waals surface area contributed by atoms with E-state index >= 15 is 0 Å². The summed E-state index contributed by atoms with van der Waals surface area (Å²) in [4.78, 5) is 121. The van der Waals surface area contributed by atoms with E-state index in [0.717, 1.165) is 24.0 Å². The highest BCUT2D eigenvalue weighted by Crippen LogP contribution is 2.41. The first-order chi connectivity index (χ1) is 38.3. The molecule has 2 fully saturated rings. The van der Waals surface area contributed by atoms with Crippen molar-refractivity contribution in [2.75, 3.05) is 39.3 Å². The molecule has 6 heterocycles. The number of anilines is 4. The summed E-state index contributed by atoms with van der Waals surface area (Å²) in [5, 5.41) is 18.9. The van der Waals surface area contributed by atoms with Gasteiger partial charge in [-0.05, 0) is 120 Å². The van der Waals surface area contributed by atoms with Crippen molar-refractivity contribution < 1.29 is 43.5 Å². The number of halogens is 1. The Morgan fingerprint density at radius 1 is 0.610 bits per heavy atom. The molecular formula is C60H83ClN12O9. The summed E-state index contributed by atoms with van der Waals surface area (Å²) >= 11 is 0. The molecule has 4 aliphatic rings. The van der Waals surface area contributed by atoms with E-state index in [0.29, 0.717) is 72.9 Å². The fraction of sp³-hybridized carbons (Fsp3) is 0.500. The highest BCUT2D eigenvalue weighted by atomic mass is 35.5. The van der Waals surface area contributed by atoms with Gasteiger partial charge in [-0.25, -0.2) is 0 Å². The minimum atomic E-state index is -1.15. The maximum Gasteiger partial charge on any atom is 0.250 e. The molecule has 8 rings (SSSR count). The second kappa shape index (κ2) is 29.1. The molecule has 9 N–H and O–H groups in total. The summed E-state index contributed by atoms with van der Waals surface area (Å²) < 4.78 is 0. The number of fused-ring (bicyclic) bond motifs is 2. The van der Waals surface area contributed by atoms with Crippen molar-refractivity contribution in [1.29, 1.82) is 0 Å². The number of amides is 8. The van der Waals surface area contributed by atoms with E-state index in [4.69, 9.17) is 16.6 Å². The summed E-state index contributed by atoms with van der Waals surface area (Å²) in [7, 11) is 0. The van der Waals surface area contributed by atoms with Crippen LogP contribution in [0.25, 0.3) is 0 Å². The van der Waals surface area contributed by atoms with Gasteiger partial charge >= 0.3 is 0 Å². The summed E-state index contributed by atoms with van der Waals surface area (Å²) in [5.74, 6) is -2.07. The van der Waals surface area contributed by atoms with E-state index in [1.54, 1.807) is 78.7 Å². The SMILES string of the molecule is CC(C)C[C@@H](NC(=O)C(C)(C)N)C(=O)NC1Cc2cccc(N3CCCC3=O)c2N(Cc2ccccn2)C1=O.CC(C)C[C@@H](NC(=O)C(C)(C)N)C(=O)NC1Cc2cccc(N3CCCC3=O)c2N(Cc2ccccn2)C1=O.CCO.Cl. The van der Waals surface area contributed by atoms with Gasteiger partial charge in [0.05, 0.1) is 58.3 Å². The molecule has 444 valence electrons. The zero-order chi connectivity index (χ0) is 59.3. The Morgan fingerprint density at radius 2 is 0.976 bits per heavy atom. The van der Waals surface area contributed by atoms with Crippen molar-refractivity contribution in [3.05, 3.63) is 108 Å². The molecular weight excluding hydrogens is 1070 g/mol. The fourth-order valence-corrected chi connectivity index (χ4v) is 10.0. The smallest absolute Gasteiger partial charge is 0.250 e. The maximum absolute atomic E-state index is 14.0. The van der Waals surface area contributed by atoms with Gasteiger partial charge in [-0.2, -0.15) is 0 Å².